The third-order valence-corrected chi connectivity index (χ3v) is 2.80. The fourth-order valence-corrected chi connectivity index (χ4v) is 1.92. The average Bonchev–Trinajstić information content (AvgIpc) is 2.90. The van der Waals surface area contributed by atoms with Gasteiger partial charge >= 0.3 is 0 Å². The molecular formula is C13H11N3O2. The van der Waals surface area contributed by atoms with E-state index in [0.29, 0.717) is 23.2 Å². The summed E-state index contributed by atoms with van der Waals surface area (Å²) >= 11 is 0. The molecule has 0 fully saturated rings. The van der Waals surface area contributed by atoms with Crippen molar-refractivity contribution in [3.63, 3.8) is 0 Å². The van der Waals surface area contributed by atoms with E-state index in [9.17, 15) is 4.79 Å². The zero-order valence-corrected chi connectivity index (χ0v) is 9.83. The van der Waals surface area contributed by atoms with E-state index in [2.05, 4.69) is 10.1 Å². The molecule has 3 heterocycles. The summed E-state index contributed by atoms with van der Waals surface area (Å²) in [5, 5.41) is 4.88. The molecule has 0 atom stereocenters. The van der Waals surface area contributed by atoms with Crippen molar-refractivity contribution < 1.29 is 4.42 Å². The number of fused-ring (bicyclic) bond motifs is 1. The Morgan fingerprint density at radius 3 is 3.00 bits per heavy atom. The van der Waals surface area contributed by atoms with Crippen LogP contribution in [0.3, 0.4) is 0 Å². The summed E-state index contributed by atoms with van der Waals surface area (Å²) in [6.45, 7) is 2.40. The summed E-state index contributed by atoms with van der Waals surface area (Å²) in [5.74, 6) is 0. The highest BCUT2D eigenvalue weighted by molar-refractivity contribution is 5.88. The maximum Gasteiger partial charge on any atom is 0.277 e. The van der Waals surface area contributed by atoms with E-state index in [0.717, 1.165) is 5.56 Å². The van der Waals surface area contributed by atoms with Crippen molar-refractivity contribution in [1.29, 1.82) is 0 Å². The normalized spacial score (nSPS) is 10.9. The lowest BCUT2D eigenvalue weighted by Gasteiger charge is -2.05. The molecule has 5 heteroatoms. The number of nitrogens with zero attached hydrogens (tertiary/aromatic N) is 3. The molecule has 0 aromatic carbocycles. The van der Waals surface area contributed by atoms with Gasteiger partial charge in [0.2, 0.25) is 0 Å². The van der Waals surface area contributed by atoms with Gasteiger partial charge < -0.3 is 4.42 Å². The van der Waals surface area contributed by atoms with Gasteiger partial charge in [-0.3, -0.25) is 9.78 Å². The lowest BCUT2D eigenvalue weighted by Crippen LogP contribution is -2.22. The van der Waals surface area contributed by atoms with Crippen molar-refractivity contribution in [2.75, 3.05) is 0 Å². The first kappa shape index (κ1) is 10.7. The third-order valence-electron chi connectivity index (χ3n) is 2.80. The number of aryl methyl sites for hydroxylation is 1. The Bertz CT molecular complexity index is 744. The summed E-state index contributed by atoms with van der Waals surface area (Å²) in [6.07, 6.45) is 4.90. The molecule has 0 aliphatic heterocycles. The minimum atomic E-state index is -0.131. The number of aromatic nitrogens is 3. The number of hydrogen-bond acceptors (Lipinski definition) is 4. The molecule has 0 bridgehead atoms. The standard InChI is InChI=1S/C13H11N3O2/c1-2-16-13(17)10-5-7-18-12(10)11(15-16)9-4-3-6-14-8-9/h3-8H,2H2,1H3. The highest BCUT2D eigenvalue weighted by Gasteiger charge is 2.14. The number of furan rings is 1. The van der Waals surface area contributed by atoms with Crippen LogP contribution < -0.4 is 5.56 Å². The fraction of sp³-hybridized carbons (Fsp3) is 0.154. The maximum absolute atomic E-state index is 12.0. The Kier molecular flexibility index (Phi) is 2.44. The van der Waals surface area contributed by atoms with Crippen molar-refractivity contribution in [2.45, 2.75) is 13.5 Å². The van der Waals surface area contributed by atoms with Crippen LogP contribution in [0.5, 0.6) is 0 Å². The third kappa shape index (κ3) is 1.52. The molecule has 0 saturated heterocycles. The van der Waals surface area contributed by atoms with Gasteiger partial charge in [0.25, 0.3) is 5.56 Å². The molecule has 90 valence electrons. The van der Waals surface area contributed by atoms with Gasteiger partial charge in [-0.1, -0.05) is 0 Å². The van der Waals surface area contributed by atoms with Gasteiger partial charge in [-0.25, -0.2) is 4.68 Å². The first-order valence-corrected chi connectivity index (χ1v) is 5.70. The Morgan fingerprint density at radius 1 is 1.39 bits per heavy atom. The summed E-state index contributed by atoms with van der Waals surface area (Å²) < 4.78 is 6.81. The van der Waals surface area contributed by atoms with Gasteiger partial charge in [-0.05, 0) is 25.1 Å². The second-order valence-corrected chi connectivity index (χ2v) is 3.87. The monoisotopic (exact) mass is 241 g/mol. The van der Waals surface area contributed by atoms with E-state index in [4.69, 9.17) is 4.42 Å². The zero-order valence-electron chi connectivity index (χ0n) is 9.83. The molecule has 0 N–H and O–H groups in total. The van der Waals surface area contributed by atoms with Crippen LogP contribution in [0.15, 0.2) is 46.1 Å². The predicted octanol–water partition coefficient (Wildman–Crippen LogP) is 2.07. The molecule has 0 unspecified atom stereocenters. The first-order chi connectivity index (χ1) is 8.81. The van der Waals surface area contributed by atoms with Crippen molar-refractivity contribution in [1.82, 2.24) is 14.8 Å². The van der Waals surface area contributed by atoms with Crippen LogP contribution in [0.2, 0.25) is 0 Å². The molecule has 0 radical (unpaired) electrons. The number of hydrogen-bond donors (Lipinski definition) is 0. The van der Waals surface area contributed by atoms with Crippen LogP contribution in [-0.4, -0.2) is 14.8 Å². The van der Waals surface area contributed by atoms with Gasteiger partial charge in [-0.15, -0.1) is 0 Å². The highest BCUT2D eigenvalue weighted by Crippen LogP contribution is 2.24. The molecule has 3 rings (SSSR count). The fourth-order valence-electron chi connectivity index (χ4n) is 1.92. The van der Waals surface area contributed by atoms with E-state index in [1.807, 2.05) is 19.1 Å². The van der Waals surface area contributed by atoms with E-state index >= 15 is 0 Å². The molecule has 0 spiro atoms. The summed E-state index contributed by atoms with van der Waals surface area (Å²) in [6, 6.07) is 5.39. The average molecular weight is 241 g/mol. The van der Waals surface area contributed by atoms with E-state index < -0.39 is 0 Å². The van der Waals surface area contributed by atoms with E-state index in [1.165, 1.54) is 10.9 Å². The minimum absolute atomic E-state index is 0.131. The summed E-state index contributed by atoms with van der Waals surface area (Å²) in [5.41, 5.74) is 1.86. The van der Waals surface area contributed by atoms with Crippen molar-refractivity contribution >= 4 is 11.0 Å². The van der Waals surface area contributed by atoms with Crippen molar-refractivity contribution in [3.05, 3.63) is 47.2 Å². The lowest BCUT2D eigenvalue weighted by molar-refractivity contribution is 0.595. The molecule has 18 heavy (non-hydrogen) atoms. The van der Waals surface area contributed by atoms with Crippen LogP contribution in [0, 0.1) is 0 Å². The quantitative estimate of drug-likeness (QED) is 0.689. The van der Waals surface area contributed by atoms with Crippen LogP contribution in [0.4, 0.5) is 0 Å². The number of rotatable bonds is 2. The first-order valence-electron chi connectivity index (χ1n) is 5.70. The SMILES string of the molecule is CCn1nc(-c2cccnc2)c2occc2c1=O. The molecule has 0 saturated carbocycles. The summed E-state index contributed by atoms with van der Waals surface area (Å²) in [7, 11) is 0. The van der Waals surface area contributed by atoms with Crippen molar-refractivity contribution in [2.24, 2.45) is 0 Å². The molecule has 3 aromatic heterocycles. The zero-order chi connectivity index (χ0) is 12.5. The molecule has 0 aliphatic rings. The van der Waals surface area contributed by atoms with Crippen LogP contribution in [0.25, 0.3) is 22.2 Å². The van der Waals surface area contributed by atoms with Gasteiger partial charge in [-0.2, -0.15) is 5.10 Å². The lowest BCUT2D eigenvalue weighted by atomic mass is 10.2. The van der Waals surface area contributed by atoms with Crippen LogP contribution in [0.1, 0.15) is 6.92 Å². The Labute approximate surface area is 103 Å². The molecule has 5 nitrogen and oxygen atoms in total. The highest BCUT2D eigenvalue weighted by atomic mass is 16.3. The van der Waals surface area contributed by atoms with E-state index in [-0.39, 0.29) is 5.56 Å². The molecule has 0 amide bonds. The van der Waals surface area contributed by atoms with Gasteiger partial charge in [0.1, 0.15) is 5.69 Å². The Balaban J connectivity index is 2.39. The molecule has 3 aromatic rings. The Morgan fingerprint density at radius 2 is 2.28 bits per heavy atom. The van der Waals surface area contributed by atoms with Crippen molar-refractivity contribution in [3.8, 4) is 11.3 Å². The predicted molar refractivity (Wildman–Crippen MR) is 67.2 cm³/mol. The largest absolute Gasteiger partial charge is 0.462 e. The molecule has 0 aliphatic carbocycles. The topological polar surface area (TPSA) is 60.9 Å². The van der Waals surface area contributed by atoms with E-state index in [1.54, 1.807) is 18.5 Å². The van der Waals surface area contributed by atoms with Gasteiger partial charge in [0.15, 0.2) is 5.58 Å². The minimum Gasteiger partial charge on any atom is -0.462 e. The van der Waals surface area contributed by atoms with Crippen LogP contribution in [-0.2, 0) is 6.54 Å². The smallest absolute Gasteiger partial charge is 0.277 e. The van der Waals surface area contributed by atoms with Gasteiger partial charge in [0.05, 0.1) is 11.6 Å². The Hall–Kier alpha value is -2.43. The molecular weight excluding hydrogens is 230 g/mol. The number of pyridine rings is 1. The maximum atomic E-state index is 12.0. The second-order valence-electron chi connectivity index (χ2n) is 3.87. The summed E-state index contributed by atoms with van der Waals surface area (Å²) in [4.78, 5) is 16.1. The van der Waals surface area contributed by atoms with Gasteiger partial charge in [0, 0.05) is 24.5 Å². The second kappa shape index (κ2) is 4.10. The van der Waals surface area contributed by atoms with Crippen LogP contribution >= 0.6 is 0 Å².